The topological polar surface area (TPSA) is 72.2 Å². The summed E-state index contributed by atoms with van der Waals surface area (Å²) < 4.78 is 2.34. The first-order chi connectivity index (χ1) is 6.06. The van der Waals surface area contributed by atoms with Crippen LogP contribution in [0, 0.1) is 11.8 Å². The molecule has 2 atom stereocenters. The molecule has 0 bridgehead atoms. The summed E-state index contributed by atoms with van der Waals surface area (Å²) in [7, 11) is 0. The Labute approximate surface area is 84.9 Å². The zero-order valence-corrected chi connectivity index (χ0v) is 8.63. The number of amides is 2. The van der Waals surface area contributed by atoms with Gasteiger partial charge in [0.2, 0.25) is 11.8 Å². The van der Waals surface area contributed by atoms with Gasteiger partial charge in [-0.15, -0.1) is 0 Å². The molecule has 0 aliphatic heterocycles. The molecule has 0 radical (unpaired) electrons. The van der Waals surface area contributed by atoms with E-state index in [-0.39, 0.29) is 11.8 Å². The smallest absolute Gasteiger partial charge is 0.234 e. The molecule has 1 rings (SSSR count). The number of nitrogens with two attached hydrogens (primary N) is 1. The van der Waals surface area contributed by atoms with E-state index in [1.165, 1.54) is 0 Å². The molecule has 1 aliphatic carbocycles. The molecule has 0 spiro atoms. The minimum absolute atomic E-state index is 0.206. The minimum Gasteiger partial charge on any atom is -0.369 e. The van der Waals surface area contributed by atoms with Crippen LogP contribution >= 0.6 is 16.1 Å². The lowest BCUT2D eigenvalue weighted by Gasteiger charge is -2.12. The Hall–Kier alpha value is -0.840. The molecule has 0 aromatic heterocycles. The molecule has 0 unspecified atom stereocenters. The van der Waals surface area contributed by atoms with Crippen LogP contribution in [-0.2, 0) is 9.59 Å². The maximum Gasteiger partial charge on any atom is 0.234 e. The van der Waals surface area contributed by atoms with E-state index in [4.69, 9.17) is 5.73 Å². The van der Waals surface area contributed by atoms with Crippen LogP contribution in [0.25, 0.3) is 0 Å². The number of hydrogen-bond acceptors (Lipinski definition) is 2. The van der Waals surface area contributed by atoms with Crippen molar-refractivity contribution in [1.29, 1.82) is 0 Å². The Kier molecular flexibility index (Phi) is 3.08. The van der Waals surface area contributed by atoms with Gasteiger partial charge in [-0.1, -0.05) is 12.2 Å². The lowest BCUT2D eigenvalue weighted by Crippen LogP contribution is -2.34. The molecule has 13 heavy (non-hydrogen) atoms. The van der Waals surface area contributed by atoms with Gasteiger partial charge in [-0.2, -0.15) is 0 Å². The number of hydrogen-bond donors (Lipinski definition) is 2. The number of primary amides is 1. The van der Waals surface area contributed by atoms with E-state index in [0.717, 1.165) is 5.57 Å². The van der Waals surface area contributed by atoms with Gasteiger partial charge in [-0.05, 0) is 12.8 Å². The molecule has 0 aromatic carbocycles. The number of carbonyl (C=O) groups excluding carboxylic acids is 2. The monoisotopic (exact) mass is 246 g/mol. The maximum atomic E-state index is 11.3. The quantitative estimate of drug-likeness (QED) is 0.550. The van der Waals surface area contributed by atoms with Crippen molar-refractivity contribution in [2.75, 3.05) is 0 Å². The zero-order chi connectivity index (χ0) is 10.0. The number of carbonyl (C=O) groups is 2. The van der Waals surface area contributed by atoms with E-state index in [9.17, 15) is 9.59 Å². The largest absolute Gasteiger partial charge is 0.369 e. The predicted octanol–water partition coefficient (Wildman–Crippen LogP) is 0.480. The van der Waals surface area contributed by atoms with Crippen molar-refractivity contribution in [3.05, 3.63) is 12.2 Å². The van der Waals surface area contributed by atoms with E-state index in [1.54, 1.807) is 0 Å². The summed E-state index contributed by atoms with van der Waals surface area (Å²) in [6, 6.07) is 0. The SMILES string of the molecule is C=C1C[C@H](C(N)=O)[C@@H](C(=O)NBr)C1. The summed E-state index contributed by atoms with van der Waals surface area (Å²) >= 11 is 2.84. The fourth-order valence-corrected chi connectivity index (χ4v) is 1.93. The first-order valence-electron chi connectivity index (χ1n) is 3.92. The van der Waals surface area contributed by atoms with Crippen LogP contribution < -0.4 is 10.1 Å². The zero-order valence-electron chi connectivity index (χ0n) is 7.05. The molecule has 1 aliphatic rings. The Balaban J connectivity index is 2.77. The molecule has 4 nitrogen and oxygen atoms in total. The summed E-state index contributed by atoms with van der Waals surface area (Å²) in [5.74, 6) is -1.39. The van der Waals surface area contributed by atoms with Gasteiger partial charge >= 0.3 is 0 Å². The van der Waals surface area contributed by atoms with E-state index in [1.807, 2.05) is 0 Å². The van der Waals surface area contributed by atoms with Crippen LogP contribution in [0.1, 0.15) is 12.8 Å². The van der Waals surface area contributed by atoms with Crippen LogP contribution in [0.15, 0.2) is 12.2 Å². The number of halogens is 1. The van der Waals surface area contributed by atoms with Gasteiger partial charge in [-0.3, -0.25) is 13.9 Å². The third kappa shape index (κ3) is 2.09. The normalized spacial score (nSPS) is 27.3. The van der Waals surface area contributed by atoms with Crippen LogP contribution in [0.4, 0.5) is 0 Å². The van der Waals surface area contributed by atoms with Crippen molar-refractivity contribution < 1.29 is 9.59 Å². The molecule has 2 amide bonds. The third-order valence-corrected chi connectivity index (χ3v) is 2.69. The molecule has 0 aromatic rings. The van der Waals surface area contributed by atoms with E-state index in [0.29, 0.717) is 12.8 Å². The summed E-state index contributed by atoms with van der Waals surface area (Å²) in [6.07, 6.45) is 1.07. The Bertz CT molecular complexity index is 265. The molecular formula is C8H11BrN2O2. The molecule has 3 N–H and O–H groups in total. The average Bonchev–Trinajstić information content (AvgIpc) is 2.46. The van der Waals surface area contributed by atoms with E-state index >= 15 is 0 Å². The molecule has 1 saturated carbocycles. The van der Waals surface area contributed by atoms with Crippen LogP contribution in [0.5, 0.6) is 0 Å². The standard InChI is InChI=1S/C8H11BrN2O2/c1-4-2-5(7(10)12)6(3-4)8(13)11-9/h5-6H,1-3H2,(H2,10,12)(H,11,13)/t5-,6-/m0/s1. The lowest BCUT2D eigenvalue weighted by atomic mass is 9.95. The minimum atomic E-state index is -0.431. The summed E-state index contributed by atoms with van der Waals surface area (Å²) in [6.45, 7) is 3.75. The highest BCUT2D eigenvalue weighted by atomic mass is 79.9. The highest BCUT2D eigenvalue weighted by molar-refractivity contribution is 9.08. The van der Waals surface area contributed by atoms with Gasteiger partial charge in [0.15, 0.2) is 0 Å². The second kappa shape index (κ2) is 3.91. The Morgan fingerprint density at radius 1 is 1.46 bits per heavy atom. The van der Waals surface area contributed by atoms with Gasteiger partial charge in [0.05, 0.1) is 11.8 Å². The van der Waals surface area contributed by atoms with E-state index < -0.39 is 11.8 Å². The number of allylic oxidation sites excluding steroid dienone is 1. The fraction of sp³-hybridized carbons (Fsp3) is 0.500. The van der Waals surface area contributed by atoms with Crippen LogP contribution in [-0.4, -0.2) is 11.8 Å². The first-order valence-corrected chi connectivity index (χ1v) is 4.72. The molecule has 72 valence electrons. The molecule has 5 heteroatoms. The van der Waals surface area contributed by atoms with Gasteiger partial charge < -0.3 is 5.73 Å². The third-order valence-electron chi connectivity index (χ3n) is 2.30. The second-order valence-corrected chi connectivity index (χ2v) is 3.63. The highest BCUT2D eigenvalue weighted by Gasteiger charge is 2.38. The Morgan fingerprint density at radius 2 is 2.00 bits per heavy atom. The van der Waals surface area contributed by atoms with Crippen molar-refractivity contribution in [2.24, 2.45) is 17.6 Å². The highest BCUT2D eigenvalue weighted by Crippen LogP contribution is 2.34. The predicted molar refractivity (Wildman–Crippen MR) is 51.6 cm³/mol. The summed E-state index contributed by atoms with van der Waals surface area (Å²) in [5, 5.41) is 0. The van der Waals surface area contributed by atoms with Gasteiger partial charge in [0.25, 0.3) is 0 Å². The van der Waals surface area contributed by atoms with Crippen molar-refractivity contribution in [3.63, 3.8) is 0 Å². The van der Waals surface area contributed by atoms with Crippen LogP contribution in [0.3, 0.4) is 0 Å². The number of rotatable bonds is 2. The molecular weight excluding hydrogens is 236 g/mol. The summed E-state index contributed by atoms with van der Waals surface area (Å²) in [5.41, 5.74) is 6.07. The van der Waals surface area contributed by atoms with Gasteiger partial charge in [0.1, 0.15) is 0 Å². The van der Waals surface area contributed by atoms with Crippen molar-refractivity contribution in [3.8, 4) is 0 Å². The maximum absolute atomic E-state index is 11.3. The lowest BCUT2D eigenvalue weighted by molar-refractivity contribution is -0.130. The van der Waals surface area contributed by atoms with Crippen molar-refractivity contribution in [2.45, 2.75) is 12.8 Å². The number of nitrogens with one attached hydrogen (secondary N) is 1. The van der Waals surface area contributed by atoms with E-state index in [2.05, 4.69) is 27.1 Å². The summed E-state index contributed by atoms with van der Waals surface area (Å²) in [4.78, 5) is 22.2. The first kappa shape index (κ1) is 10.2. The Morgan fingerprint density at radius 3 is 2.46 bits per heavy atom. The second-order valence-electron chi connectivity index (χ2n) is 3.23. The van der Waals surface area contributed by atoms with Crippen molar-refractivity contribution >= 4 is 28.0 Å². The molecule has 1 fully saturated rings. The average molecular weight is 247 g/mol. The fourth-order valence-electron chi connectivity index (χ4n) is 1.63. The molecule has 0 saturated heterocycles. The van der Waals surface area contributed by atoms with Crippen molar-refractivity contribution in [1.82, 2.24) is 4.34 Å². The van der Waals surface area contributed by atoms with Gasteiger partial charge in [0, 0.05) is 16.1 Å². The van der Waals surface area contributed by atoms with Crippen LogP contribution in [0.2, 0.25) is 0 Å². The molecule has 0 heterocycles. The van der Waals surface area contributed by atoms with Gasteiger partial charge in [-0.25, -0.2) is 0 Å².